The van der Waals surface area contributed by atoms with E-state index >= 15 is 0 Å². The molecule has 106 valence electrons. The van der Waals surface area contributed by atoms with Crippen LogP contribution in [0.2, 0.25) is 0 Å². The molecule has 2 aromatic carbocycles. The third kappa shape index (κ3) is 3.42. The van der Waals surface area contributed by atoms with Crippen LogP contribution >= 0.6 is 15.9 Å². The molecule has 0 aliphatic carbocycles. The van der Waals surface area contributed by atoms with Gasteiger partial charge in [-0.15, -0.1) is 0 Å². The Morgan fingerprint density at radius 3 is 2.60 bits per heavy atom. The minimum atomic E-state index is -0.296. The molecule has 5 heteroatoms. The molecular formula is C15H15BrF2N2. The lowest BCUT2D eigenvalue weighted by molar-refractivity contribution is 0.525. The van der Waals surface area contributed by atoms with Gasteiger partial charge in [-0.3, -0.25) is 11.3 Å². The fourth-order valence-electron chi connectivity index (χ4n) is 2.21. The highest BCUT2D eigenvalue weighted by molar-refractivity contribution is 9.10. The van der Waals surface area contributed by atoms with E-state index in [1.54, 1.807) is 25.1 Å². The maximum absolute atomic E-state index is 13.8. The van der Waals surface area contributed by atoms with E-state index in [4.69, 9.17) is 5.84 Å². The normalized spacial score (nSPS) is 12.4. The fourth-order valence-corrected chi connectivity index (χ4v) is 2.62. The Kier molecular flexibility index (Phi) is 4.86. The topological polar surface area (TPSA) is 38.0 Å². The highest BCUT2D eigenvalue weighted by Crippen LogP contribution is 2.25. The third-order valence-electron chi connectivity index (χ3n) is 3.24. The monoisotopic (exact) mass is 340 g/mol. The maximum Gasteiger partial charge on any atom is 0.126 e. The van der Waals surface area contributed by atoms with Gasteiger partial charge in [-0.1, -0.05) is 22.0 Å². The number of aryl methyl sites for hydroxylation is 1. The Bertz CT molecular complexity index is 617. The van der Waals surface area contributed by atoms with Crippen molar-refractivity contribution >= 4 is 15.9 Å². The van der Waals surface area contributed by atoms with Crippen LogP contribution in [0.5, 0.6) is 0 Å². The zero-order valence-corrected chi connectivity index (χ0v) is 12.5. The fraction of sp³-hybridized carbons (Fsp3) is 0.200. The van der Waals surface area contributed by atoms with Gasteiger partial charge in [0.05, 0.1) is 6.04 Å². The van der Waals surface area contributed by atoms with Gasteiger partial charge in [0, 0.05) is 4.47 Å². The number of nitrogens with two attached hydrogens (primary N) is 1. The highest BCUT2D eigenvalue weighted by Gasteiger charge is 2.16. The molecular weight excluding hydrogens is 326 g/mol. The van der Waals surface area contributed by atoms with Crippen LogP contribution in [0.15, 0.2) is 40.9 Å². The van der Waals surface area contributed by atoms with Crippen molar-refractivity contribution in [1.29, 1.82) is 0 Å². The van der Waals surface area contributed by atoms with E-state index in [1.807, 2.05) is 0 Å². The zero-order chi connectivity index (χ0) is 14.7. The summed E-state index contributed by atoms with van der Waals surface area (Å²) in [6, 6.07) is 8.99. The average Bonchev–Trinajstić information content (AvgIpc) is 2.40. The van der Waals surface area contributed by atoms with Crippen LogP contribution in [0.25, 0.3) is 0 Å². The van der Waals surface area contributed by atoms with Crippen molar-refractivity contribution in [3.63, 3.8) is 0 Å². The predicted molar refractivity (Wildman–Crippen MR) is 79.0 cm³/mol. The maximum atomic E-state index is 13.8. The predicted octanol–water partition coefficient (Wildman–Crippen LogP) is 3.78. The molecule has 0 aliphatic heterocycles. The third-order valence-corrected chi connectivity index (χ3v) is 3.73. The van der Waals surface area contributed by atoms with Crippen molar-refractivity contribution in [3.05, 3.63) is 69.2 Å². The van der Waals surface area contributed by atoms with Crippen molar-refractivity contribution in [1.82, 2.24) is 5.43 Å². The number of halogens is 3. The average molecular weight is 341 g/mol. The van der Waals surface area contributed by atoms with Crippen molar-refractivity contribution in [2.24, 2.45) is 5.84 Å². The Labute approximate surface area is 125 Å². The van der Waals surface area contributed by atoms with Gasteiger partial charge in [0.25, 0.3) is 0 Å². The van der Waals surface area contributed by atoms with E-state index in [9.17, 15) is 8.78 Å². The summed E-state index contributed by atoms with van der Waals surface area (Å²) in [7, 11) is 0. The van der Waals surface area contributed by atoms with E-state index in [-0.39, 0.29) is 17.7 Å². The smallest absolute Gasteiger partial charge is 0.126 e. The first-order chi connectivity index (χ1) is 9.51. The molecule has 0 saturated carbocycles. The van der Waals surface area contributed by atoms with Crippen molar-refractivity contribution in [3.8, 4) is 0 Å². The summed E-state index contributed by atoms with van der Waals surface area (Å²) in [4.78, 5) is 0. The van der Waals surface area contributed by atoms with E-state index < -0.39 is 0 Å². The molecule has 0 fully saturated rings. The van der Waals surface area contributed by atoms with Crippen molar-refractivity contribution in [2.45, 2.75) is 19.4 Å². The number of hydrazine groups is 1. The lowest BCUT2D eigenvalue weighted by Gasteiger charge is -2.19. The van der Waals surface area contributed by atoms with E-state index in [0.29, 0.717) is 12.0 Å². The number of hydrogen-bond acceptors (Lipinski definition) is 2. The first kappa shape index (κ1) is 15.1. The minimum Gasteiger partial charge on any atom is -0.271 e. The highest BCUT2D eigenvalue weighted by atomic mass is 79.9. The zero-order valence-electron chi connectivity index (χ0n) is 11.0. The summed E-state index contributed by atoms with van der Waals surface area (Å²) in [6.07, 6.45) is 0.383. The van der Waals surface area contributed by atoms with Gasteiger partial charge in [-0.2, -0.15) is 0 Å². The summed E-state index contributed by atoms with van der Waals surface area (Å²) in [6.45, 7) is 1.81. The second kappa shape index (κ2) is 6.43. The Morgan fingerprint density at radius 2 is 1.95 bits per heavy atom. The molecule has 2 nitrogen and oxygen atoms in total. The summed E-state index contributed by atoms with van der Waals surface area (Å²) in [5.41, 5.74) is 4.85. The molecule has 20 heavy (non-hydrogen) atoms. The van der Waals surface area contributed by atoms with Gasteiger partial charge in [-0.25, -0.2) is 8.78 Å². The van der Waals surface area contributed by atoms with Gasteiger partial charge < -0.3 is 0 Å². The first-order valence-electron chi connectivity index (χ1n) is 6.17. The Morgan fingerprint density at radius 1 is 1.20 bits per heavy atom. The van der Waals surface area contributed by atoms with Crippen molar-refractivity contribution < 1.29 is 8.78 Å². The molecule has 1 unspecified atom stereocenters. The van der Waals surface area contributed by atoms with Gasteiger partial charge in [0.2, 0.25) is 0 Å². The molecule has 3 N–H and O–H groups in total. The molecule has 0 bridgehead atoms. The first-order valence-corrected chi connectivity index (χ1v) is 6.96. The molecule has 0 amide bonds. The summed E-state index contributed by atoms with van der Waals surface area (Å²) in [5.74, 6) is 4.99. The Balaban J connectivity index is 2.31. The lowest BCUT2D eigenvalue weighted by atomic mass is 9.95. The largest absolute Gasteiger partial charge is 0.271 e. The Hall–Kier alpha value is -1.30. The van der Waals surface area contributed by atoms with Gasteiger partial charge in [-0.05, 0) is 60.4 Å². The second-order valence-electron chi connectivity index (χ2n) is 4.66. The van der Waals surface area contributed by atoms with E-state index in [0.717, 1.165) is 15.6 Å². The summed E-state index contributed by atoms with van der Waals surface area (Å²) < 4.78 is 27.7. The van der Waals surface area contributed by atoms with E-state index in [2.05, 4.69) is 21.4 Å². The molecule has 2 rings (SSSR count). The van der Waals surface area contributed by atoms with Crippen LogP contribution in [0, 0.1) is 18.6 Å². The van der Waals surface area contributed by atoms with Crippen LogP contribution in [-0.4, -0.2) is 0 Å². The lowest BCUT2D eigenvalue weighted by Crippen LogP contribution is -2.30. The summed E-state index contributed by atoms with van der Waals surface area (Å²) in [5, 5.41) is 0. The standard InChI is InChI=1S/C15H15BrF2N2/c1-9-6-12(17)3-4-13(9)15(20-19)8-10-7-11(16)2-5-14(10)18/h2-7,15,20H,8,19H2,1H3. The number of rotatable bonds is 4. The number of nitrogens with one attached hydrogen (secondary N) is 1. The molecule has 1 atom stereocenters. The van der Waals surface area contributed by atoms with E-state index in [1.165, 1.54) is 18.2 Å². The van der Waals surface area contributed by atoms with Gasteiger partial charge in [0.1, 0.15) is 11.6 Å². The van der Waals surface area contributed by atoms with Crippen LogP contribution in [0.1, 0.15) is 22.7 Å². The van der Waals surface area contributed by atoms with Crippen molar-refractivity contribution in [2.75, 3.05) is 0 Å². The molecule has 2 aromatic rings. The molecule has 0 radical (unpaired) electrons. The molecule has 0 spiro atoms. The van der Waals surface area contributed by atoms with Gasteiger partial charge in [0.15, 0.2) is 0 Å². The second-order valence-corrected chi connectivity index (χ2v) is 5.58. The van der Waals surface area contributed by atoms with Crippen LogP contribution in [0.4, 0.5) is 8.78 Å². The molecule has 0 aromatic heterocycles. The van der Waals surface area contributed by atoms with Crippen LogP contribution in [-0.2, 0) is 6.42 Å². The van der Waals surface area contributed by atoms with Crippen LogP contribution in [0.3, 0.4) is 0 Å². The minimum absolute atomic E-state index is 0.278. The van der Waals surface area contributed by atoms with Gasteiger partial charge >= 0.3 is 0 Å². The quantitative estimate of drug-likeness (QED) is 0.656. The number of hydrogen-bond donors (Lipinski definition) is 2. The number of benzene rings is 2. The molecule has 0 aliphatic rings. The molecule has 0 heterocycles. The van der Waals surface area contributed by atoms with Crippen LogP contribution < -0.4 is 11.3 Å². The summed E-state index contributed by atoms with van der Waals surface area (Å²) >= 11 is 3.32. The SMILES string of the molecule is Cc1cc(F)ccc1C(Cc1cc(Br)ccc1F)NN. The molecule has 0 saturated heterocycles.